The van der Waals surface area contributed by atoms with E-state index in [2.05, 4.69) is 38.1 Å². The van der Waals surface area contributed by atoms with Gasteiger partial charge in [-0.1, -0.05) is 6.92 Å². The summed E-state index contributed by atoms with van der Waals surface area (Å²) in [6, 6.07) is 1.95. The van der Waals surface area contributed by atoms with Gasteiger partial charge in [0.15, 0.2) is 0 Å². The molecule has 0 fully saturated rings. The number of anilines is 1. The van der Waals surface area contributed by atoms with Gasteiger partial charge >= 0.3 is 0 Å². The summed E-state index contributed by atoms with van der Waals surface area (Å²) in [6.45, 7) is 10.4. The molecule has 0 bridgehead atoms. The second kappa shape index (κ2) is 5.40. The lowest BCUT2D eigenvalue weighted by Crippen LogP contribution is -2.22. The van der Waals surface area contributed by atoms with Gasteiger partial charge in [-0.3, -0.25) is 9.48 Å². The van der Waals surface area contributed by atoms with Gasteiger partial charge in [-0.2, -0.15) is 5.10 Å². The minimum atomic E-state index is -0.0854. The summed E-state index contributed by atoms with van der Waals surface area (Å²) in [5.41, 5.74) is 1.83. The SMILES string of the molecule is CCc1sc(C(=O)Nc2cnn(C(C)(C)C)c2)cc1C. The van der Waals surface area contributed by atoms with Crippen LogP contribution in [-0.2, 0) is 12.0 Å². The average Bonchev–Trinajstić information content (AvgIpc) is 2.95. The number of carbonyl (C=O) groups is 1. The molecule has 0 aliphatic heterocycles. The fraction of sp³-hybridized carbons (Fsp3) is 0.467. The molecule has 5 heteroatoms. The van der Waals surface area contributed by atoms with Gasteiger partial charge < -0.3 is 5.32 Å². The van der Waals surface area contributed by atoms with Crippen molar-refractivity contribution < 1.29 is 4.79 Å². The molecule has 2 rings (SSSR count). The summed E-state index contributed by atoms with van der Waals surface area (Å²) >= 11 is 1.56. The van der Waals surface area contributed by atoms with Crippen LogP contribution in [0.1, 0.15) is 47.8 Å². The molecule has 0 aliphatic carbocycles. The summed E-state index contributed by atoms with van der Waals surface area (Å²) in [5, 5.41) is 7.18. The maximum atomic E-state index is 12.2. The Morgan fingerprint density at radius 1 is 1.45 bits per heavy atom. The van der Waals surface area contributed by atoms with Crippen LogP contribution in [0, 0.1) is 6.92 Å². The minimum absolute atomic E-state index is 0.0636. The Bertz CT molecular complexity index is 619. The van der Waals surface area contributed by atoms with Crippen LogP contribution in [0.15, 0.2) is 18.5 Å². The molecule has 1 N–H and O–H groups in total. The monoisotopic (exact) mass is 291 g/mol. The molecule has 4 nitrogen and oxygen atoms in total. The maximum Gasteiger partial charge on any atom is 0.265 e. The number of aromatic nitrogens is 2. The van der Waals surface area contributed by atoms with E-state index >= 15 is 0 Å². The molecule has 2 aromatic heterocycles. The van der Waals surface area contributed by atoms with Crippen molar-refractivity contribution in [3.63, 3.8) is 0 Å². The van der Waals surface area contributed by atoms with Gasteiger partial charge in [0.25, 0.3) is 5.91 Å². The number of hydrogen-bond acceptors (Lipinski definition) is 3. The van der Waals surface area contributed by atoms with Gasteiger partial charge in [0.05, 0.1) is 22.3 Å². The largest absolute Gasteiger partial charge is 0.319 e. The smallest absolute Gasteiger partial charge is 0.265 e. The minimum Gasteiger partial charge on any atom is -0.319 e. The average molecular weight is 291 g/mol. The third-order valence-corrected chi connectivity index (χ3v) is 4.47. The predicted molar refractivity (Wildman–Crippen MR) is 83.6 cm³/mol. The topological polar surface area (TPSA) is 46.9 Å². The molecule has 0 radical (unpaired) electrons. The quantitative estimate of drug-likeness (QED) is 0.934. The van der Waals surface area contributed by atoms with Crippen LogP contribution in [0.4, 0.5) is 5.69 Å². The highest BCUT2D eigenvalue weighted by Gasteiger charge is 2.16. The number of rotatable bonds is 3. The van der Waals surface area contributed by atoms with E-state index in [0.717, 1.165) is 17.0 Å². The lowest BCUT2D eigenvalue weighted by atomic mass is 10.1. The van der Waals surface area contributed by atoms with E-state index in [1.165, 1.54) is 10.4 Å². The molecule has 0 saturated heterocycles. The molecule has 0 aliphatic rings. The normalized spacial score (nSPS) is 11.7. The number of carbonyl (C=O) groups excluding carboxylic acids is 1. The van der Waals surface area contributed by atoms with E-state index < -0.39 is 0 Å². The van der Waals surface area contributed by atoms with Gasteiger partial charge in [-0.25, -0.2) is 0 Å². The second-order valence-corrected chi connectivity index (χ2v) is 7.01. The molecule has 0 atom stereocenters. The van der Waals surface area contributed by atoms with Crippen molar-refractivity contribution in [1.29, 1.82) is 0 Å². The molecular formula is C15H21N3OS. The lowest BCUT2D eigenvalue weighted by Gasteiger charge is -2.18. The van der Waals surface area contributed by atoms with Gasteiger partial charge in [-0.05, 0) is 45.7 Å². The number of aryl methyl sites for hydroxylation is 2. The summed E-state index contributed by atoms with van der Waals surface area (Å²) in [4.78, 5) is 14.2. The van der Waals surface area contributed by atoms with Crippen LogP contribution in [0.3, 0.4) is 0 Å². The van der Waals surface area contributed by atoms with Crippen LogP contribution < -0.4 is 5.32 Å². The first kappa shape index (κ1) is 14.8. The zero-order chi connectivity index (χ0) is 14.9. The fourth-order valence-electron chi connectivity index (χ4n) is 1.93. The van der Waals surface area contributed by atoms with Crippen molar-refractivity contribution in [2.75, 3.05) is 5.32 Å². The molecule has 0 aromatic carbocycles. The highest BCUT2D eigenvalue weighted by Crippen LogP contribution is 2.23. The zero-order valence-electron chi connectivity index (χ0n) is 12.7. The van der Waals surface area contributed by atoms with Crippen molar-refractivity contribution in [2.24, 2.45) is 0 Å². The first-order valence-corrected chi connectivity index (χ1v) is 7.58. The lowest BCUT2D eigenvalue weighted by molar-refractivity contribution is 0.103. The van der Waals surface area contributed by atoms with E-state index in [0.29, 0.717) is 0 Å². The van der Waals surface area contributed by atoms with Crippen LogP contribution >= 0.6 is 11.3 Å². The molecule has 1 amide bonds. The maximum absolute atomic E-state index is 12.2. The van der Waals surface area contributed by atoms with E-state index in [1.54, 1.807) is 17.5 Å². The van der Waals surface area contributed by atoms with Gasteiger partial charge in [0.1, 0.15) is 0 Å². The Balaban J connectivity index is 2.13. The van der Waals surface area contributed by atoms with Gasteiger partial charge in [0, 0.05) is 11.1 Å². The van der Waals surface area contributed by atoms with Crippen LogP contribution in [0.5, 0.6) is 0 Å². The first-order chi connectivity index (χ1) is 9.31. The number of nitrogens with zero attached hydrogens (tertiary/aromatic N) is 2. The summed E-state index contributed by atoms with van der Waals surface area (Å²) < 4.78 is 1.85. The third kappa shape index (κ3) is 3.10. The third-order valence-electron chi connectivity index (χ3n) is 3.09. The Hall–Kier alpha value is -1.62. The molecule has 108 valence electrons. The van der Waals surface area contributed by atoms with E-state index in [1.807, 2.05) is 23.9 Å². The number of nitrogens with one attached hydrogen (secondary N) is 1. The highest BCUT2D eigenvalue weighted by atomic mass is 32.1. The van der Waals surface area contributed by atoms with Gasteiger partial charge in [0.2, 0.25) is 0 Å². The Morgan fingerprint density at radius 3 is 2.65 bits per heavy atom. The van der Waals surface area contributed by atoms with E-state index in [9.17, 15) is 4.79 Å². The number of hydrogen-bond donors (Lipinski definition) is 1. The Labute approximate surface area is 123 Å². The zero-order valence-corrected chi connectivity index (χ0v) is 13.5. The summed E-state index contributed by atoms with van der Waals surface area (Å²) in [5.74, 6) is -0.0636. The second-order valence-electron chi connectivity index (χ2n) is 5.87. The van der Waals surface area contributed by atoms with Crippen LogP contribution in [0.2, 0.25) is 0 Å². The van der Waals surface area contributed by atoms with Crippen molar-refractivity contribution in [3.05, 3.63) is 33.8 Å². The van der Waals surface area contributed by atoms with Crippen LogP contribution in [-0.4, -0.2) is 15.7 Å². The highest BCUT2D eigenvalue weighted by molar-refractivity contribution is 7.14. The van der Waals surface area contributed by atoms with E-state index in [-0.39, 0.29) is 11.4 Å². The molecule has 0 spiro atoms. The number of thiophene rings is 1. The standard InChI is InChI=1S/C15H21N3OS/c1-6-12-10(2)7-13(20-12)14(19)17-11-8-16-18(9-11)15(3,4)5/h7-9H,6H2,1-5H3,(H,17,19). The van der Waals surface area contributed by atoms with Crippen LogP contribution in [0.25, 0.3) is 0 Å². The number of amides is 1. The molecule has 0 unspecified atom stereocenters. The molecule has 0 saturated carbocycles. The Kier molecular flexibility index (Phi) is 3.99. The molecular weight excluding hydrogens is 270 g/mol. The van der Waals surface area contributed by atoms with Gasteiger partial charge in [-0.15, -0.1) is 11.3 Å². The van der Waals surface area contributed by atoms with Crippen molar-refractivity contribution in [3.8, 4) is 0 Å². The molecule has 2 heterocycles. The first-order valence-electron chi connectivity index (χ1n) is 6.77. The molecule has 2 aromatic rings. The van der Waals surface area contributed by atoms with Crippen molar-refractivity contribution in [1.82, 2.24) is 9.78 Å². The van der Waals surface area contributed by atoms with Crippen molar-refractivity contribution in [2.45, 2.75) is 46.6 Å². The molecule has 20 heavy (non-hydrogen) atoms. The fourth-order valence-corrected chi connectivity index (χ4v) is 2.94. The Morgan fingerprint density at radius 2 is 2.15 bits per heavy atom. The summed E-state index contributed by atoms with van der Waals surface area (Å²) in [6.07, 6.45) is 4.51. The van der Waals surface area contributed by atoms with Crippen molar-refractivity contribution >= 4 is 22.9 Å². The summed E-state index contributed by atoms with van der Waals surface area (Å²) in [7, 11) is 0. The predicted octanol–water partition coefficient (Wildman–Crippen LogP) is 3.82. The van der Waals surface area contributed by atoms with E-state index in [4.69, 9.17) is 0 Å².